The number of hydrogen-bond donors (Lipinski definition) is 1. The van der Waals surface area contributed by atoms with Crippen LogP contribution >= 0.6 is 0 Å². The molecule has 0 spiro atoms. The van der Waals surface area contributed by atoms with E-state index in [0.29, 0.717) is 11.0 Å². The number of ether oxygens (including phenoxy) is 1. The number of carbonyl (C=O) groups is 2. The van der Waals surface area contributed by atoms with Gasteiger partial charge in [-0.3, -0.25) is 4.79 Å². The van der Waals surface area contributed by atoms with E-state index in [2.05, 4.69) is 12.2 Å². The smallest absolute Gasteiger partial charge is 0.351 e. The van der Waals surface area contributed by atoms with Crippen LogP contribution in [0.5, 0.6) is 0 Å². The highest BCUT2D eigenvalue weighted by molar-refractivity contribution is 5.94. The zero-order valence-corrected chi connectivity index (χ0v) is 17.2. The van der Waals surface area contributed by atoms with Gasteiger partial charge >= 0.3 is 11.6 Å². The van der Waals surface area contributed by atoms with Gasteiger partial charge in [-0.1, -0.05) is 18.2 Å². The number of esters is 1. The van der Waals surface area contributed by atoms with Crippen LogP contribution in [-0.4, -0.2) is 24.5 Å². The molecule has 0 saturated heterocycles. The Morgan fingerprint density at radius 1 is 1.13 bits per heavy atom. The standard InChI is InChI=1S/C24H27NO5/c1-14(24-10-15-6-16(11-24)8-17(7-15)12-24)25-21(26)13-29-22(27)19-9-18-4-2-3-5-20(18)30-23(19)28/h2-5,9,14-17H,6-8,10-13H2,1H3,(H,25,26)/t14-,15?,16?,17?,24?/m1/s1. The number of rotatable bonds is 5. The minimum absolute atomic E-state index is 0.0582. The van der Waals surface area contributed by atoms with Gasteiger partial charge in [0.2, 0.25) is 0 Å². The van der Waals surface area contributed by atoms with Gasteiger partial charge in [-0.15, -0.1) is 0 Å². The van der Waals surface area contributed by atoms with E-state index in [9.17, 15) is 14.4 Å². The molecule has 0 radical (unpaired) electrons. The minimum Gasteiger partial charge on any atom is -0.452 e. The molecule has 1 amide bonds. The van der Waals surface area contributed by atoms with E-state index in [0.717, 1.165) is 17.8 Å². The first kappa shape index (κ1) is 19.3. The van der Waals surface area contributed by atoms with Crippen LogP contribution in [-0.2, 0) is 9.53 Å². The molecule has 4 aliphatic rings. The second-order valence-electron chi connectivity index (χ2n) is 9.63. The van der Waals surface area contributed by atoms with Gasteiger partial charge in [0.15, 0.2) is 6.61 Å². The monoisotopic (exact) mass is 409 g/mol. The summed E-state index contributed by atoms with van der Waals surface area (Å²) in [6, 6.07) is 8.44. The lowest BCUT2D eigenvalue weighted by Gasteiger charge is -2.59. The normalized spacial score (nSPS) is 30.2. The van der Waals surface area contributed by atoms with Crippen LogP contribution in [0, 0.1) is 23.2 Å². The molecule has 4 saturated carbocycles. The third-order valence-electron chi connectivity index (χ3n) is 7.58. The molecule has 1 aromatic heterocycles. The van der Waals surface area contributed by atoms with Gasteiger partial charge in [0.25, 0.3) is 5.91 Å². The van der Waals surface area contributed by atoms with Gasteiger partial charge in [-0.05, 0) is 80.8 Å². The number of benzene rings is 1. The van der Waals surface area contributed by atoms with Crippen molar-refractivity contribution in [2.45, 2.75) is 51.5 Å². The summed E-state index contributed by atoms with van der Waals surface area (Å²) < 4.78 is 10.3. The second kappa shape index (κ2) is 7.25. The summed E-state index contributed by atoms with van der Waals surface area (Å²) in [7, 11) is 0. The van der Waals surface area contributed by atoms with Crippen LogP contribution in [0.3, 0.4) is 0 Å². The summed E-state index contributed by atoms with van der Waals surface area (Å²) in [5.74, 6) is 1.26. The molecule has 1 aromatic carbocycles. The van der Waals surface area contributed by atoms with Crippen molar-refractivity contribution in [3.8, 4) is 0 Å². The summed E-state index contributed by atoms with van der Waals surface area (Å²) in [6.45, 7) is 1.69. The Hall–Kier alpha value is -2.63. The molecule has 30 heavy (non-hydrogen) atoms. The van der Waals surface area contributed by atoms with Crippen molar-refractivity contribution in [1.82, 2.24) is 5.32 Å². The van der Waals surface area contributed by atoms with E-state index in [1.54, 1.807) is 24.3 Å². The molecule has 1 N–H and O–H groups in total. The van der Waals surface area contributed by atoms with E-state index in [-0.39, 0.29) is 22.9 Å². The van der Waals surface area contributed by atoms with Crippen LogP contribution in [0.15, 0.2) is 39.5 Å². The van der Waals surface area contributed by atoms with Crippen molar-refractivity contribution in [3.05, 3.63) is 46.3 Å². The van der Waals surface area contributed by atoms with Crippen LogP contribution < -0.4 is 10.9 Å². The number of para-hydroxylation sites is 1. The number of amides is 1. The number of nitrogens with one attached hydrogen (secondary N) is 1. The van der Waals surface area contributed by atoms with Gasteiger partial charge in [-0.2, -0.15) is 0 Å². The van der Waals surface area contributed by atoms with Crippen molar-refractivity contribution in [2.75, 3.05) is 6.61 Å². The van der Waals surface area contributed by atoms with Gasteiger partial charge in [0.1, 0.15) is 11.1 Å². The maximum Gasteiger partial charge on any atom is 0.351 e. The van der Waals surface area contributed by atoms with Crippen molar-refractivity contribution in [2.24, 2.45) is 23.2 Å². The highest BCUT2D eigenvalue weighted by Crippen LogP contribution is 2.61. The molecular formula is C24H27NO5. The van der Waals surface area contributed by atoms with Crippen molar-refractivity contribution < 1.29 is 18.7 Å². The third kappa shape index (κ3) is 3.42. The lowest BCUT2D eigenvalue weighted by Crippen LogP contribution is -2.56. The lowest BCUT2D eigenvalue weighted by molar-refractivity contribution is -0.128. The van der Waals surface area contributed by atoms with Crippen LogP contribution in [0.4, 0.5) is 0 Å². The molecule has 6 rings (SSSR count). The van der Waals surface area contributed by atoms with Crippen LogP contribution in [0.1, 0.15) is 55.8 Å². The molecule has 0 unspecified atom stereocenters. The van der Waals surface area contributed by atoms with Crippen molar-refractivity contribution in [1.29, 1.82) is 0 Å². The summed E-state index contributed by atoms with van der Waals surface area (Å²) >= 11 is 0. The molecule has 4 aliphatic carbocycles. The summed E-state index contributed by atoms with van der Waals surface area (Å²) in [6.07, 6.45) is 7.64. The molecule has 4 fully saturated rings. The van der Waals surface area contributed by atoms with E-state index in [1.165, 1.54) is 44.6 Å². The topological polar surface area (TPSA) is 85.6 Å². The molecule has 4 bridgehead atoms. The lowest BCUT2D eigenvalue weighted by atomic mass is 9.48. The Kier molecular flexibility index (Phi) is 4.68. The molecular weight excluding hydrogens is 382 g/mol. The average Bonchev–Trinajstić information content (AvgIpc) is 2.70. The van der Waals surface area contributed by atoms with Crippen LogP contribution in [0.25, 0.3) is 11.0 Å². The molecule has 0 aliphatic heterocycles. The summed E-state index contributed by atoms with van der Waals surface area (Å²) in [5, 5.41) is 3.70. The first-order valence-electron chi connectivity index (χ1n) is 10.9. The van der Waals surface area contributed by atoms with Gasteiger partial charge < -0.3 is 14.5 Å². The zero-order valence-electron chi connectivity index (χ0n) is 17.2. The van der Waals surface area contributed by atoms with Crippen LogP contribution in [0.2, 0.25) is 0 Å². The van der Waals surface area contributed by atoms with E-state index < -0.39 is 18.2 Å². The van der Waals surface area contributed by atoms with E-state index in [4.69, 9.17) is 9.15 Å². The highest BCUT2D eigenvalue weighted by atomic mass is 16.5. The Morgan fingerprint density at radius 3 is 2.43 bits per heavy atom. The minimum atomic E-state index is -0.841. The molecule has 2 aromatic rings. The predicted molar refractivity (Wildman–Crippen MR) is 111 cm³/mol. The number of carbonyl (C=O) groups excluding carboxylic acids is 2. The van der Waals surface area contributed by atoms with Gasteiger partial charge in [-0.25, -0.2) is 9.59 Å². The summed E-state index contributed by atoms with van der Waals surface area (Å²) in [4.78, 5) is 36.9. The van der Waals surface area contributed by atoms with E-state index in [1.807, 2.05) is 0 Å². The number of hydrogen-bond acceptors (Lipinski definition) is 5. The fourth-order valence-corrected chi connectivity index (χ4v) is 6.56. The fourth-order valence-electron chi connectivity index (χ4n) is 6.56. The van der Waals surface area contributed by atoms with Crippen molar-refractivity contribution >= 4 is 22.8 Å². The average molecular weight is 409 g/mol. The molecule has 6 nitrogen and oxygen atoms in total. The molecule has 1 atom stereocenters. The summed E-state index contributed by atoms with van der Waals surface area (Å²) in [5.41, 5.74) is -0.369. The largest absolute Gasteiger partial charge is 0.452 e. The fraction of sp³-hybridized carbons (Fsp3) is 0.542. The quantitative estimate of drug-likeness (QED) is 0.602. The van der Waals surface area contributed by atoms with Gasteiger partial charge in [0.05, 0.1) is 0 Å². The highest BCUT2D eigenvalue weighted by Gasteiger charge is 2.53. The third-order valence-corrected chi connectivity index (χ3v) is 7.58. The first-order valence-corrected chi connectivity index (χ1v) is 10.9. The number of fused-ring (bicyclic) bond motifs is 1. The Morgan fingerprint density at radius 2 is 1.77 bits per heavy atom. The zero-order chi connectivity index (χ0) is 20.9. The predicted octanol–water partition coefficient (Wildman–Crippen LogP) is 3.67. The molecule has 1 heterocycles. The Labute approximate surface area is 175 Å². The second-order valence-corrected chi connectivity index (χ2v) is 9.63. The van der Waals surface area contributed by atoms with Gasteiger partial charge in [0, 0.05) is 11.4 Å². The van der Waals surface area contributed by atoms with E-state index >= 15 is 0 Å². The molecule has 158 valence electrons. The maximum atomic E-state index is 12.5. The SMILES string of the molecule is C[C@@H](NC(=O)COC(=O)c1cc2ccccc2oc1=O)C12CC3CC(CC(C3)C1)C2. The molecule has 6 heteroatoms. The maximum absolute atomic E-state index is 12.5. The Balaban J connectivity index is 1.21. The first-order chi connectivity index (χ1) is 14.4. The Bertz CT molecular complexity index is 1020. The van der Waals surface area contributed by atoms with Crippen molar-refractivity contribution in [3.63, 3.8) is 0 Å².